The Morgan fingerprint density at radius 2 is 1.66 bits per heavy atom. The fourth-order valence-corrected chi connectivity index (χ4v) is 5.36. The Balaban J connectivity index is 1.39. The minimum atomic E-state index is -0.977. The summed E-state index contributed by atoms with van der Waals surface area (Å²) in [5.41, 5.74) is 4.42. The van der Waals surface area contributed by atoms with Crippen LogP contribution in [0.15, 0.2) is 48.5 Å². The Labute approximate surface area is 206 Å². The topological polar surface area (TPSA) is 95.9 Å². The number of hydrogen-bond donors (Lipinski definition) is 2. The van der Waals surface area contributed by atoms with Crippen LogP contribution in [0.25, 0.3) is 11.1 Å². The van der Waals surface area contributed by atoms with Crippen LogP contribution in [0.2, 0.25) is 0 Å². The maximum atomic E-state index is 13.3. The fraction of sp³-hybridized carbons (Fsp3) is 0.464. The number of ether oxygens (including phenoxy) is 1. The van der Waals surface area contributed by atoms with Gasteiger partial charge < -0.3 is 20.1 Å². The van der Waals surface area contributed by atoms with Gasteiger partial charge in [0.25, 0.3) is 0 Å². The van der Waals surface area contributed by atoms with Crippen molar-refractivity contribution in [1.82, 2.24) is 10.2 Å². The minimum Gasteiger partial charge on any atom is -0.480 e. The highest BCUT2D eigenvalue weighted by Crippen LogP contribution is 2.44. The smallest absolute Gasteiger partial charge is 0.407 e. The molecule has 7 heteroatoms. The zero-order chi connectivity index (χ0) is 25.2. The van der Waals surface area contributed by atoms with E-state index in [4.69, 9.17) is 4.74 Å². The number of carboxylic acids is 1. The van der Waals surface area contributed by atoms with Crippen LogP contribution in [0.5, 0.6) is 0 Å². The number of nitrogens with one attached hydrogen (secondary N) is 1. The molecule has 35 heavy (non-hydrogen) atoms. The van der Waals surface area contributed by atoms with Crippen molar-refractivity contribution in [3.63, 3.8) is 0 Å². The summed E-state index contributed by atoms with van der Waals surface area (Å²) in [4.78, 5) is 39.0. The summed E-state index contributed by atoms with van der Waals surface area (Å²) in [6.45, 7) is 6.82. The molecule has 1 heterocycles. The van der Waals surface area contributed by atoms with E-state index in [-0.39, 0.29) is 30.4 Å². The highest BCUT2D eigenvalue weighted by atomic mass is 16.5. The molecule has 0 spiro atoms. The Bertz CT molecular complexity index is 1060. The van der Waals surface area contributed by atoms with Crippen LogP contribution in [-0.2, 0) is 14.3 Å². The maximum absolute atomic E-state index is 13.3. The van der Waals surface area contributed by atoms with Crippen molar-refractivity contribution in [2.75, 3.05) is 19.7 Å². The lowest BCUT2D eigenvalue weighted by Gasteiger charge is -2.30. The van der Waals surface area contributed by atoms with E-state index in [0.717, 1.165) is 22.3 Å². The van der Waals surface area contributed by atoms with Crippen molar-refractivity contribution < 1.29 is 24.2 Å². The third-order valence-corrected chi connectivity index (χ3v) is 6.87. The van der Waals surface area contributed by atoms with Crippen LogP contribution in [0.4, 0.5) is 4.79 Å². The van der Waals surface area contributed by atoms with Crippen molar-refractivity contribution in [3.8, 4) is 11.1 Å². The van der Waals surface area contributed by atoms with Crippen LogP contribution in [0.3, 0.4) is 0 Å². The number of carbonyl (C=O) groups excluding carboxylic acids is 2. The predicted octanol–water partition coefficient (Wildman–Crippen LogP) is 4.65. The predicted molar refractivity (Wildman–Crippen MR) is 133 cm³/mol. The number of carbonyl (C=O) groups is 3. The lowest BCUT2D eigenvalue weighted by molar-refractivity contribution is -0.150. The second-order valence-corrected chi connectivity index (χ2v) is 10.7. The van der Waals surface area contributed by atoms with Gasteiger partial charge in [0, 0.05) is 19.0 Å². The molecule has 0 bridgehead atoms. The summed E-state index contributed by atoms with van der Waals surface area (Å²) in [5, 5.41) is 12.3. The van der Waals surface area contributed by atoms with E-state index < -0.39 is 24.0 Å². The maximum Gasteiger partial charge on any atom is 0.407 e. The highest BCUT2D eigenvalue weighted by Gasteiger charge is 2.38. The molecule has 2 unspecified atom stereocenters. The largest absolute Gasteiger partial charge is 0.480 e. The number of hydrogen-bond acceptors (Lipinski definition) is 4. The summed E-state index contributed by atoms with van der Waals surface area (Å²) < 4.78 is 5.62. The molecule has 2 N–H and O–H groups in total. The van der Waals surface area contributed by atoms with Gasteiger partial charge in [-0.2, -0.15) is 0 Å². The number of amides is 2. The number of likely N-dealkylation sites (tertiary alicyclic amines) is 1. The molecule has 1 saturated heterocycles. The van der Waals surface area contributed by atoms with Crippen LogP contribution < -0.4 is 5.32 Å². The Hall–Kier alpha value is -3.35. The van der Waals surface area contributed by atoms with E-state index in [0.29, 0.717) is 25.8 Å². The van der Waals surface area contributed by atoms with Gasteiger partial charge in [0.2, 0.25) is 5.91 Å². The van der Waals surface area contributed by atoms with E-state index in [1.807, 2.05) is 45.0 Å². The average Bonchev–Trinajstić information content (AvgIpc) is 3.43. The molecule has 4 rings (SSSR count). The molecule has 2 amide bonds. The highest BCUT2D eigenvalue weighted by molar-refractivity contribution is 5.86. The van der Waals surface area contributed by atoms with Gasteiger partial charge in [0.05, 0.1) is 5.92 Å². The van der Waals surface area contributed by atoms with Gasteiger partial charge in [0.1, 0.15) is 12.6 Å². The van der Waals surface area contributed by atoms with Gasteiger partial charge in [0.15, 0.2) is 0 Å². The number of nitrogens with zero attached hydrogens (tertiary/aromatic N) is 1. The number of alkyl carbamates (subject to hydrolysis) is 1. The van der Waals surface area contributed by atoms with Gasteiger partial charge in [-0.05, 0) is 46.9 Å². The Morgan fingerprint density at radius 1 is 1.06 bits per heavy atom. The zero-order valence-corrected chi connectivity index (χ0v) is 20.6. The normalized spacial score (nSPS) is 18.0. The molecule has 1 aliphatic heterocycles. The van der Waals surface area contributed by atoms with Crippen LogP contribution in [0.1, 0.15) is 57.1 Å². The standard InChI is InChI=1S/C28H34N2O5/c1-28(2,3)15-18(25(31)30-14-8-13-24(30)26(32)33)16-29-27(34)35-17-23-21-11-6-4-9-19(21)20-10-5-7-12-22(20)23/h4-7,9-12,18,23-24H,8,13-17H2,1-3H3,(H,29,34)(H,32,33). The van der Waals surface area contributed by atoms with E-state index in [9.17, 15) is 19.5 Å². The van der Waals surface area contributed by atoms with Crippen molar-refractivity contribution in [1.29, 1.82) is 0 Å². The molecule has 1 aliphatic carbocycles. The van der Waals surface area contributed by atoms with Crippen LogP contribution >= 0.6 is 0 Å². The van der Waals surface area contributed by atoms with Crippen molar-refractivity contribution in [3.05, 3.63) is 59.7 Å². The summed E-state index contributed by atoms with van der Waals surface area (Å²) >= 11 is 0. The minimum absolute atomic E-state index is 0.0407. The molecular weight excluding hydrogens is 444 g/mol. The molecular formula is C28H34N2O5. The Kier molecular flexibility index (Phi) is 7.15. The Morgan fingerprint density at radius 3 is 2.23 bits per heavy atom. The molecule has 0 aromatic heterocycles. The first-order valence-electron chi connectivity index (χ1n) is 12.3. The van der Waals surface area contributed by atoms with E-state index >= 15 is 0 Å². The van der Waals surface area contributed by atoms with Gasteiger partial charge in [-0.15, -0.1) is 0 Å². The third kappa shape index (κ3) is 5.50. The first kappa shape index (κ1) is 24.8. The molecule has 0 radical (unpaired) electrons. The summed E-state index contributed by atoms with van der Waals surface area (Å²) in [6, 6.07) is 15.5. The summed E-state index contributed by atoms with van der Waals surface area (Å²) in [5.74, 6) is -1.75. The van der Waals surface area contributed by atoms with Crippen molar-refractivity contribution in [2.24, 2.45) is 11.3 Å². The third-order valence-electron chi connectivity index (χ3n) is 6.87. The van der Waals surface area contributed by atoms with Crippen molar-refractivity contribution in [2.45, 2.75) is 52.0 Å². The van der Waals surface area contributed by atoms with E-state index in [1.165, 1.54) is 4.90 Å². The summed E-state index contributed by atoms with van der Waals surface area (Å²) in [6.07, 6.45) is 1.08. The monoisotopic (exact) mass is 478 g/mol. The quantitative estimate of drug-likeness (QED) is 0.604. The first-order valence-corrected chi connectivity index (χ1v) is 12.3. The number of fused-ring (bicyclic) bond motifs is 3. The zero-order valence-electron chi connectivity index (χ0n) is 20.6. The lowest BCUT2D eigenvalue weighted by atomic mass is 9.84. The second kappa shape index (κ2) is 10.1. The fourth-order valence-electron chi connectivity index (χ4n) is 5.36. The molecule has 7 nitrogen and oxygen atoms in total. The van der Waals surface area contributed by atoms with Crippen LogP contribution in [-0.4, -0.2) is 53.7 Å². The van der Waals surface area contributed by atoms with Crippen molar-refractivity contribution >= 4 is 18.0 Å². The van der Waals surface area contributed by atoms with Gasteiger partial charge in [-0.25, -0.2) is 9.59 Å². The lowest BCUT2D eigenvalue weighted by Crippen LogP contribution is -2.47. The number of benzene rings is 2. The van der Waals surface area contributed by atoms with E-state index in [1.54, 1.807) is 0 Å². The van der Waals surface area contributed by atoms with Gasteiger partial charge >= 0.3 is 12.1 Å². The first-order chi connectivity index (χ1) is 16.7. The molecule has 2 aromatic rings. The molecule has 0 saturated carbocycles. The molecule has 2 atom stereocenters. The average molecular weight is 479 g/mol. The number of rotatable bonds is 7. The molecule has 2 aliphatic rings. The molecule has 186 valence electrons. The van der Waals surface area contributed by atoms with Crippen LogP contribution in [0, 0.1) is 11.3 Å². The van der Waals surface area contributed by atoms with Gasteiger partial charge in [-0.3, -0.25) is 4.79 Å². The van der Waals surface area contributed by atoms with Gasteiger partial charge in [-0.1, -0.05) is 69.3 Å². The number of carboxylic acid groups (broad SMARTS) is 1. The number of aliphatic carboxylic acids is 1. The molecule has 2 aromatic carbocycles. The SMILES string of the molecule is CC(C)(C)CC(CNC(=O)OCC1c2ccccc2-c2ccccc21)C(=O)N1CCCC1C(=O)O. The summed E-state index contributed by atoms with van der Waals surface area (Å²) in [7, 11) is 0. The second-order valence-electron chi connectivity index (χ2n) is 10.7. The van der Waals surface area contributed by atoms with E-state index in [2.05, 4.69) is 29.6 Å². The molecule has 1 fully saturated rings.